The van der Waals surface area contributed by atoms with Gasteiger partial charge in [0.25, 0.3) is 11.8 Å². The van der Waals surface area contributed by atoms with Crippen LogP contribution in [0.5, 0.6) is 0 Å². The van der Waals surface area contributed by atoms with Crippen LogP contribution in [0, 0.1) is 6.92 Å². The van der Waals surface area contributed by atoms with Gasteiger partial charge in [0.05, 0.1) is 5.25 Å². The lowest BCUT2D eigenvalue weighted by atomic mass is 10.1. The zero-order valence-electron chi connectivity index (χ0n) is 23.2. The van der Waals surface area contributed by atoms with Crippen LogP contribution in [-0.4, -0.2) is 42.2 Å². The summed E-state index contributed by atoms with van der Waals surface area (Å²) in [6.45, 7) is 3.54. The van der Waals surface area contributed by atoms with E-state index in [1.54, 1.807) is 62.4 Å². The standard InChI is InChI=1S/C31H31N5O4S/c1-20-18-28(35-40-20)34-29(37)21(2)41-26-16-12-24(13-17-26)32-31(39)27(33-30(38)23-8-6-5-7-9-23)19-22-10-14-25(15-11-22)36(3)4/h5-19,21H,1-4H3,(H,32,39)(H,33,38)(H,34,35,37)/b27-19-. The van der Waals surface area contributed by atoms with Gasteiger partial charge in [-0.3, -0.25) is 14.4 Å². The molecule has 1 heterocycles. The Labute approximate surface area is 243 Å². The Morgan fingerprint density at radius 2 is 1.61 bits per heavy atom. The average Bonchev–Trinajstić information content (AvgIpc) is 3.38. The fourth-order valence-electron chi connectivity index (χ4n) is 3.70. The van der Waals surface area contributed by atoms with Crippen molar-refractivity contribution in [3.8, 4) is 0 Å². The van der Waals surface area contributed by atoms with Crippen LogP contribution in [0.25, 0.3) is 6.08 Å². The molecular weight excluding hydrogens is 538 g/mol. The second-order valence-electron chi connectivity index (χ2n) is 9.41. The molecule has 0 aliphatic carbocycles. The highest BCUT2D eigenvalue weighted by molar-refractivity contribution is 8.00. The van der Waals surface area contributed by atoms with Gasteiger partial charge >= 0.3 is 0 Å². The summed E-state index contributed by atoms with van der Waals surface area (Å²) in [5.41, 5.74) is 2.85. The van der Waals surface area contributed by atoms with Crippen molar-refractivity contribution in [2.45, 2.75) is 24.0 Å². The second-order valence-corrected chi connectivity index (χ2v) is 10.8. The van der Waals surface area contributed by atoms with Crippen molar-refractivity contribution in [3.05, 3.63) is 108 Å². The van der Waals surface area contributed by atoms with Crippen LogP contribution in [0.3, 0.4) is 0 Å². The molecule has 210 valence electrons. The Balaban J connectivity index is 1.45. The van der Waals surface area contributed by atoms with Gasteiger partial charge < -0.3 is 25.4 Å². The van der Waals surface area contributed by atoms with Crippen molar-refractivity contribution in [1.82, 2.24) is 10.5 Å². The highest BCUT2D eigenvalue weighted by Crippen LogP contribution is 2.26. The molecule has 3 N–H and O–H groups in total. The number of carbonyl (C=O) groups is 3. The minimum Gasteiger partial charge on any atom is -0.378 e. The molecule has 1 unspecified atom stereocenters. The molecule has 0 saturated heterocycles. The van der Waals surface area contributed by atoms with Gasteiger partial charge in [0.1, 0.15) is 11.5 Å². The minimum absolute atomic E-state index is 0.100. The fourth-order valence-corrected chi connectivity index (χ4v) is 4.57. The van der Waals surface area contributed by atoms with E-state index < -0.39 is 17.1 Å². The number of nitrogens with one attached hydrogen (secondary N) is 3. The van der Waals surface area contributed by atoms with Gasteiger partial charge in [0.15, 0.2) is 5.82 Å². The molecule has 0 aliphatic heterocycles. The normalized spacial score (nSPS) is 11.9. The Morgan fingerprint density at radius 3 is 2.22 bits per heavy atom. The van der Waals surface area contributed by atoms with Gasteiger partial charge in [-0.05, 0) is 74.0 Å². The number of benzene rings is 3. The zero-order valence-corrected chi connectivity index (χ0v) is 24.0. The van der Waals surface area contributed by atoms with E-state index in [9.17, 15) is 14.4 Å². The van der Waals surface area contributed by atoms with Crippen molar-refractivity contribution in [2.75, 3.05) is 29.6 Å². The summed E-state index contributed by atoms with van der Waals surface area (Å²) >= 11 is 1.37. The van der Waals surface area contributed by atoms with Crippen LogP contribution in [0.2, 0.25) is 0 Å². The van der Waals surface area contributed by atoms with Gasteiger partial charge in [0.2, 0.25) is 5.91 Å². The van der Waals surface area contributed by atoms with E-state index in [1.165, 1.54) is 11.8 Å². The molecule has 1 aromatic heterocycles. The third-order valence-electron chi connectivity index (χ3n) is 5.92. The number of amides is 3. The van der Waals surface area contributed by atoms with E-state index in [2.05, 4.69) is 21.1 Å². The van der Waals surface area contributed by atoms with Gasteiger partial charge in [-0.1, -0.05) is 35.5 Å². The Morgan fingerprint density at radius 1 is 0.927 bits per heavy atom. The molecule has 41 heavy (non-hydrogen) atoms. The SMILES string of the molecule is Cc1cc(NC(=O)C(C)Sc2ccc(NC(=O)/C(=C/c3ccc(N(C)C)cc3)NC(=O)c3ccccc3)cc2)no1. The molecule has 0 fully saturated rings. The third kappa shape index (κ3) is 8.33. The predicted molar refractivity (Wildman–Crippen MR) is 163 cm³/mol. The predicted octanol–water partition coefficient (Wildman–Crippen LogP) is 5.58. The number of carbonyl (C=O) groups excluding carboxylic acids is 3. The van der Waals surface area contributed by atoms with Gasteiger partial charge in [-0.15, -0.1) is 11.8 Å². The fraction of sp³-hybridized carbons (Fsp3) is 0.161. The van der Waals surface area contributed by atoms with E-state index in [0.29, 0.717) is 22.8 Å². The molecule has 0 spiro atoms. The summed E-state index contributed by atoms with van der Waals surface area (Å²) in [4.78, 5) is 41.5. The van der Waals surface area contributed by atoms with Crippen LogP contribution < -0.4 is 20.9 Å². The average molecular weight is 570 g/mol. The van der Waals surface area contributed by atoms with E-state index in [-0.39, 0.29) is 11.6 Å². The van der Waals surface area contributed by atoms with Crippen LogP contribution in [-0.2, 0) is 9.59 Å². The van der Waals surface area contributed by atoms with E-state index in [0.717, 1.165) is 16.1 Å². The topological polar surface area (TPSA) is 117 Å². The summed E-state index contributed by atoms with van der Waals surface area (Å²) < 4.78 is 4.98. The number of aryl methyl sites for hydroxylation is 1. The maximum atomic E-state index is 13.3. The first kappa shape index (κ1) is 29.2. The smallest absolute Gasteiger partial charge is 0.272 e. The highest BCUT2D eigenvalue weighted by atomic mass is 32.2. The lowest BCUT2D eigenvalue weighted by molar-refractivity contribution is -0.115. The molecule has 4 rings (SSSR count). The number of hydrogen-bond donors (Lipinski definition) is 3. The van der Waals surface area contributed by atoms with Crippen molar-refractivity contribution in [3.63, 3.8) is 0 Å². The highest BCUT2D eigenvalue weighted by Gasteiger charge is 2.18. The van der Waals surface area contributed by atoms with Gasteiger partial charge in [-0.2, -0.15) is 0 Å². The number of nitrogens with zero attached hydrogens (tertiary/aromatic N) is 2. The Hall–Kier alpha value is -4.83. The summed E-state index contributed by atoms with van der Waals surface area (Å²) in [7, 11) is 3.89. The maximum absolute atomic E-state index is 13.3. The molecule has 0 bridgehead atoms. The third-order valence-corrected chi connectivity index (χ3v) is 7.03. The molecule has 3 aromatic carbocycles. The first-order valence-electron chi connectivity index (χ1n) is 12.9. The van der Waals surface area contributed by atoms with E-state index in [1.807, 2.05) is 61.5 Å². The van der Waals surface area contributed by atoms with E-state index >= 15 is 0 Å². The summed E-state index contributed by atoms with van der Waals surface area (Å²) in [5, 5.41) is 11.7. The first-order valence-corrected chi connectivity index (χ1v) is 13.7. The maximum Gasteiger partial charge on any atom is 0.272 e. The van der Waals surface area contributed by atoms with Crippen molar-refractivity contribution < 1.29 is 18.9 Å². The Bertz CT molecular complexity index is 1530. The summed E-state index contributed by atoms with van der Waals surface area (Å²) in [5.74, 6) is -0.0880. The summed E-state index contributed by atoms with van der Waals surface area (Å²) in [6.07, 6.45) is 1.64. The van der Waals surface area contributed by atoms with Gasteiger partial charge in [-0.25, -0.2) is 0 Å². The second kappa shape index (κ2) is 13.5. The lowest BCUT2D eigenvalue weighted by Crippen LogP contribution is -2.30. The number of aromatic nitrogens is 1. The van der Waals surface area contributed by atoms with Crippen molar-refractivity contribution in [1.29, 1.82) is 0 Å². The Kier molecular flexibility index (Phi) is 9.60. The lowest BCUT2D eigenvalue weighted by Gasteiger charge is -2.14. The molecule has 3 amide bonds. The van der Waals surface area contributed by atoms with Crippen LogP contribution in [0.1, 0.15) is 28.6 Å². The monoisotopic (exact) mass is 569 g/mol. The number of hydrogen-bond acceptors (Lipinski definition) is 7. The van der Waals surface area contributed by atoms with Gasteiger partial charge in [0, 0.05) is 42.0 Å². The van der Waals surface area contributed by atoms with E-state index in [4.69, 9.17) is 4.52 Å². The molecule has 1 atom stereocenters. The van der Waals surface area contributed by atoms with Crippen molar-refractivity contribution >= 4 is 52.8 Å². The van der Waals surface area contributed by atoms with Crippen LogP contribution in [0.4, 0.5) is 17.2 Å². The molecule has 10 heteroatoms. The molecular formula is C31H31N5O4S. The largest absolute Gasteiger partial charge is 0.378 e. The van der Waals surface area contributed by atoms with Crippen molar-refractivity contribution in [2.24, 2.45) is 0 Å². The molecule has 0 radical (unpaired) electrons. The zero-order chi connectivity index (χ0) is 29.4. The number of anilines is 3. The molecule has 9 nitrogen and oxygen atoms in total. The van der Waals surface area contributed by atoms with Crippen LogP contribution >= 0.6 is 11.8 Å². The number of rotatable bonds is 10. The summed E-state index contributed by atoms with van der Waals surface area (Å²) in [6, 6.07) is 25.1. The first-order chi connectivity index (χ1) is 19.7. The molecule has 0 aliphatic rings. The number of thioether (sulfide) groups is 1. The minimum atomic E-state index is -0.470. The molecule has 4 aromatic rings. The quantitative estimate of drug-likeness (QED) is 0.169. The van der Waals surface area contributed by atoms with Crippen LogP contribution in [0.15, 0.2) is 100 Å². The molecule has 0 saturated carbocycles.